The number of rotatable bonds is 3. The molecular formula is C11H13NO. The molecule has 2 heteroatoms. The van der Waals surface area contributed by atoms with Crippen molar-refractivity contribution in [3.8, 4) is 0 Å². The van der Waals surface area contributed by atoms with Gasteiger partial charge < -0.3 is 5.11 Å². The molecule has 0 saturated heterocycles. The number of hydrogen-bond donors (Lipinski definition) is 1. The summed E-state index contributed by atoms with van der Waals surface area (Å²) in [6, 6.07) is 3.66. The van der Waals surface area contributed by atoms with Crippen LogP contribution < -0.4 is 0 Å². The van der Waals surface area contributed by atoms with Gasteiger partial charge in [-0.2, -0.15) is 0 Å². The molecule has 1 rings (SSSR count). The van der Waals surface area contributed by atoms with Gasteiger partial charge in [-0.25, -0.2) is 0 Å². The highest BCUT2D eigenvalue weighted by Crippen LogP contribution is 2.15. The van der Waals surface area contributed by atoms with Crippen LogP contribution in [0.4, 0.5) is 0 Å². The molecule has 2 nitrogen and oxygen atoms in total. The molecule has 1 heterocycles. The molecule has 1 aromatic heterocycles. The van der Waals surface area contributed by atoms with Crippen molar-refractivity contribution in [3.05, 3.63) is 42.2 Å². The zero-order valence-electron chi connectivity index (χ0n) is 7.70. The van der Waals surface area contributed by atoms with Gasteiger partial charge in [0.15, 0.2) is 0 Å². The van der Waals surface area contributed by atoms with Crippen molar-refractivity contribution < 1.29 is 5.11 Å². The Labute approximate surface area is 78.3 Å². The quantitative estimate of drug-likeness (QED) is 0.765. The maximum absolute atomic E-state index is 9.28. The van der Waals surface area contributed by atoms with E-state index in [9.17, 15) is 5.11 Å². The van der Waals surface area contributed by atoms with Gasteiger partial charge in [0.05, 0.1) is 17.5 Å². The molecule has 1 unspecified atom stereocenters. The summed E-state index contributed by atoms with van der Waals surface area (Å²) in [5.41, 5.74) is 2.34. The second-order valence-electron chi connectivity index (χ2n) is 2.79. The number of aliphatic hydroxyl groups excluding tert-OH is 1. The van der Waals surface area contributed by atoms with E-state index in [0.29, 0.717) is 5.69 Å². The van der Waals surface area contributed by atoms with Crippen molar-refractivity contribution in [2.24, 2.45) is 0 Å². The average Bonchev–Trinajstić information content (AvgIpc) is 2.16. The molecular weight excluding hydrogens is 162 g/mol. The van der Waals surface area contributed by atoms with E-state index in [4.69, 9.17) is 0 Å². The Hall–Kier alpha value is -1.41. The summed E-state index contributed by atoms with van der Waals surface area (Å²) < 4.78 is 0. The van der Waals surface area contributed by atoms with Crippen LogP contribution in [-0.2, 0) is 0 Å². The van der Waals surface area contributed by atoms with Crippen molar-refractivity contribution in [2.75, 3.05) is 0 Å². The van der Waals surface area contributed by atoms with E-state index in [1.165, 1.54) is 0 Å². The van der Waals surface area contributed by atoms with Gasteiger partial charge in [0, 0.05) is 0 Å². The van der Waals surface area contributed by atoms with Crippen LogP contribution in [0.1, 0.15) is 30.0 Å². The molecule has 0 aliphatic rings. The first-order chi connectivity index (χ1) is 6.19. The number of aliphatic hydroxyl groups is 1. The van der Waals surface area contributed by atoms with Crippen molar-refractivity contribution in [2.45, 2.75) is 13.0 Å². The zero-order valence-corrected chi connectivity index (χ0v) is 7.70. The Balaban J connectivity index is 3.20. The van der Waals surface area contributed by atoms with Crippen molar-refractivity contribution in [3.63, 3.8) is 0 Å². The number of nitrogens with zero attached hydrogens (tertiary/aromatic N) is 1. The Bertz CT molecular complexity index is 329. The van der Waals surface area contributed by atoms with E-state index in [1.54, 1.807) is 25.1 Å². The average molecular weight is 175 g/mol. The predicted octanol–water partition coefficient (Wildman–Crippen LogP) is 2.42. The maximum Gasteiger partial charge on any atom is 0.0932 e. The van der Waals surface area contributed by atoms with Crippen LogP contribution >= 0.6 is 0 Å². The number of pyridine rings is 1. The lowest BCUT2D eigenvalue weighted by molar-refractivity contribution is 0.194. The SMILES string of the molecule is C=Cc1ccc(C(C)O)nc1C=C. The van der Waals surface area contributed by atoms with Crippen LogP contribution in [-0.4, -0.2) is 10.1 Å². The van der Waals surface area contributed by atoms with Crippen LogP contribution in [0.2, 0.25) is 0 Å². The summed E-state index contributed by atoms with van der Waals surface area (Å²) in [5, 5.41) is 9.28. The fourth-order valence-corrected chi connectivity index (χ4v) is 1.07. The molecule has 0 radical (unpaired) electrons. The molecule has 0 aromatic carbocycles. The highest BCUT2D eigenvalue weighted by molar-refractivity contribution is 5.60. The third-order valence-corrected chi connectivity index (χ3v) is 1.82. The Kier molecular flexibility index (Phi) is 2.98. The van der Waals surface area contributed by atoms with Gasteiger partial charge in [-0.1, -0.05) is 25.3 Å². The molecule has 1 N–H and O–H groups in total. The molecule has 1 atom stereocenters. The normalized spacial score (nSPS) is 12.2. The van der Waals surface area contributed by atoms with E-state index in [1.807, 2.05) is 6.07 Å². The molecule has 1 aromatic rings. The minimum Gasteiger partial charge on any atom is -0.387 e. The minimum absolute atomic E-state index is 0.544. The summed E-state index contributed by atoms with van der Waals surface area (Å²) in [6.45, 7) is 9.00. The van der Waals surface area contributed by atoms with Gasteiger partial charge >= 0.3 is 0 Å². The lowest BCUT2D eigenvalue weighted by Gasteiger charge is -2.06. The van der Waals surface area contributed by atoms with Crippen molar-refractivity contribution >= 4 is 12.2 Å². The van der Waals surface area contributed by atoms with Crippen LogP contribution in [0.25, 0.3) is 12.2 Å². The molecule has 0 saturated carbocycles. The maximum atomic E-state index is 9.28. The first-order valence-corrected chi connectivity index (χ1v) is 4.13. The fourth-order valence-electron chi connectivity index (χ4n) is 1.07. The van der Waals surface area contributed by atoms with Crippen molar-refractivity contribution in [1.29, 1.82) is 0 Å². The second kappa shape index (κ2) is 4.01. The van der Waals surface area contributed by atoms with E-state index in [2.05, 4.69) is 18.1 Å². The number of hydrogen-bond acceptors (Lipinski definition) is 2. The molecule has 68 valence electrons. The summed E-state index contributed by atoms with van der Waals surface area (Å²) in [5.74, 6) is 0. The second-order valence-corrected chi connectivity index (χ2v) is 2.79. The van der Waals surface area contributed by atoms with E-state index >= 15 is 0 Å². The summed E-state index contributed by atoms with van der Waals surface area (Å²) >= 11 is 0. The van der Waals surface area contributed by atoms with Crippen molar-refractivity contribution in [1.82, 2.24) is 4.98 Å². The highest BCUT2D eigenvalue weighted by Gasteiger charge is 2.04. The monoisotopic (exact) mass is 175 g/mol. The van der Waals surface area contributed by atoms with Gasteiger partial charge in [-0.05, 0) is 24.6 Å². The van der Waals surface area contributed by atoms with Crippen LogP contribution in [0.3, 0.4) is 0 Å². The van der Waals surface area contributed by atoms with E-state index < -0.39 is 6.10 Å². The lowest BCUT2D eigenvalue weighted by Crippen LogP contribution is -1.98. The standard InChI is InChI=1S/C11H13NO/c1-4-9-6-7-11(8(3)13)12-10(9)5-2/h4-8,13H,1-2H2,3H3. The topological polar surface area (TPSA) is 33.1 Å². The van der Waals surface area contributed by atoms with Crippen LogP contribution in [0.5, 0.6) is 0 Å². The third kappa shape index (κ3) is 2.04. The molecule has 13 heavy (non-hydrogen) atoms. The zero-order chi connectivity index (χ0) is 9.84. The van der Waals surface area contributed by atoms with Gasteiger partial charge in [-0.3, -0.25) is 4.98 Å². The molecule has 0 spiro atoms. The Morgan fingerprint density at radius 1 is 1.38 bits per heavy atom. The third-order valence-electron chi connectivity index (χ3n) is 1.82. The predicted molar refractivity (Wildman–Crippen MR) is 55.1 cm³/mol. The fraction of sp³-hybridized carbons (Fsp3) is 0.182. The van der Waals surface area contributed by atoms with E-state index in [0.717, 1.165) is 11.3 Å². The van der Waals surface area contributed by atoms with E-state index in [-0.39, 0.29) is 0 Å². The van der Waals surface area contributed by atoms with Gasteiger partial charge in [0.2, 0.25) is 0 Å². The summed E-state index contributed by atoms with van der Waals surface area (Å²) in [4.78, 5) is 4.22. The highest BCUT2D eigenvalue weighted by atomic mass is 16.3. The number of aromatic nitrogens is 1. The first kappa shape index (κ1) is 9.68. The molecule has 0 amide bonds. The smallest absolute Gasteiger partial charge is 0.0932 e. The summed E-state index contributed by atoms with van der Waals surface area (Å²) in [7, 11) is 0. The minimum atomic E-state index is -0.544. The van der Waals surface area contributed by atoms with Gasteiger partial charge in [0.1, 0.15) is 0 Å². The Morgan fingerprint density at radius 2 is 2.08 bits per heavy atom. The Morgan fingerprint density at radius 3 is 2.54 bits per heavy atom. The van der Waals surface area contributed by atoms with Crippen LogP contribution in [0, 0.1) is 0 Å². The molecule has 0 aliphatic heterocycles. The lowest BCUT2D eigenvalue weighted by atomic mass is 10.1. The van der Waals surface area contributed by atoms with Gasteiger partial charge in [-0.15, -0.1) is 0 Å². The summed E-state index contributed by atoms with van der Waals surface area (Å²) in [6.07, 6.45) is 2.83. The largest absolute Gasteiger partial charge is 0.387 e. The molecule has 0 fully saturated rings. The molecule has 0 aliphatic carbocycles. The first-order valence-electron chi connectivity index (χ1n) is 4.13. The van der Waals surface area contributed by atoms with Crippen LogP contribution in [0.15, 0.2) is 25.3 Å². The van der Waals surface area contributed by atoms with Gasteiger partial charge in [0.25, 0.3) is 0 Å². The molecule has 0 bridgehead atoms.